The molecule has 0 saturated heterocycles. The second-order valence-electron chi connectivity index (χ2n) is 14.6. The van der Waals surface area contributed by atoms with E-state index in [0.29, 0.717) is 0 Å². The van der Waals surface area contributed by atoms with Gasteiger partial charge in [-0.2, -0.15) is 0 Å². The molecular weight excluding hydrogens is 707 g/mol. The van der Waals surface area contributed by atoms with Gasteiger partial charge in [0.25, 0.3) is 21.6 Å². The zero-order chi connectivity index (χ0) is 39.4. The molecule has 8 atom stereocenters. The predicted molar refractivity (Wildman–Crippen MR) is 193 cm³/mol. The van der Waals surface area contributed by atoms with Crippen LogP contribution in [0.2, 0.25) is 0 Å². The lowest BCUT2D eigenvalue weighted by molar-refractivity contribution is -1.63. The van der Waals surface area contributed by atoms with Crippen molar-refractivity contribution in [1.82, 2.24) is 0 Å². The second kappa shape index (κ2) is 16.9. The zero-order valence-electron chi connectivity index (χ0n) is 31.0. The van der Waals surface area contributed by atoms with Gasteiger partial charge >= 0.3 is 0 Å². The van der Waals surface area contributed by atoms with E-state index in [0.717, 1.165) is 33.7 Å². The third kappa shape index (κ3) is 9.34. The summed E-state index contributed by atoms with van der Waals surface area (Å²) in [6.07, 6.45) is 26.1. The summed E-state index contributed by atoms with van der Waals surface area (Å²) >= 11 is 0. The van der Waals surface area contributed by atoms with E-state index < -0.39 is 43.7 Å². The van der Waals surface area contributed by atoms with Gasteiger partial charge in [0.05, 0.1) is 46.3 Å². The van der Waals surface area contributed by atoms with Crippen LogP contribution in [-0.2, 0) is 0 Å². The smallest absolute Gasteiger partial charge is 0.282 e. The number of hydrogen-bond donors (Lipinski definition) is 6. The number of benzene rings is 1. The molecule has 52 heavy (non-hydrogen) atoms. The average molecular weight is 762 g/mol. The number of nitrogens with two attached hydrogens (primary N) is 4. The first-order valence-corrected chi connectivity index (χ1v) is 18.6. The highest BCUT2D eigenvalue weighted by Crippen LogP contribution is 2.44. The van der Waals surface area contributed by atoms with Gasteiger partial charge in [-0.25, -0.2) is 0 Å². The summed E-state index contributed by atoms with van der Waals surface area (Å²) in [4.78, 5) is 4.81. The van der Waals surface area contributed by atoms with Crippen LogP contribution in [0.4, 0.5) is 11.4 Å². The number of halogens is 2. The van der Waals surface area contributed by atoms with Crippen molar-refractivity contribution in [3.63, 3.8) is 0 Å². The van der Waals surface area contributed by atoms with Crippen LogP contribution >= 0.6 is 0 Å². The molecule has 1 aromatic carbocycles. The van der Waals surface area contributed by atoms with Crippen LogP contribution in [0.1, 0.15) is 55.4 Å². The molecule has 5 rings (SSSR count). The Morgan fingerprint density at radius 1 is 0.481 bits per heavy atom. The van der Waals surface area contributed by atoms with Crippen LogP contribution in [0, 0.1) is 21.6 Å². The van der Waals surface area contributed by atoms with Gasteiger partial charge in [0, 0.05) is 20.7 Å². The Kier molecular flexibility index (Phi) is 14.1. The predicted octanol–water partition coefficient (Wildman–Crippen LogP) is -0.162. The van der Waals surface area contributed by atoms with Crippen molar-refractivity contribution in [2.75, 3.05) is 9.80 Å². The Balaban J connectivity index is 0.000000827. The molecule has 4 aliphatic rings. The first-order chi connectivity index (χ1) is 24.0. The maximum Gasteiger partial charge on any atom is 0.282 e. The molecule has 0 fully saturated rings. The van der Waals surface area contributed by atoms with Crippen LogP contribution in [0.25, 0.3) is 0 Å². The van der Waals surface area contributed by atoms with Crippen LogP contribution < -0.4 is 51.4 Å². The van der Waals surface area contributed by atoms with Crippen molar-refractivity contribution in [3.05, 3.63) is 119 Å². The van der Waals surface area contributed by atoms with Crippen molar-refractivity contribution in [3.8, 4) is 0 Å². The number of allylic oxidation sites excluding steroid dienone is 8. The summed E-state index contributed by atoms with van der Waals surface area (Å²) in [7, 11) is -5.20. The molecule has 0 aromatic heterocycles. The molecule has 14 heteroatoms. The fourth-order valence-electron chi connectivity index (χ4n) is 7.47. The van der Waals surface area contributed by atoms with Gasteiger partial charge in [-0.3, -0.25) is 0 Å². The lowest BCUT2D eigenvalue weighted by Crippen LogP contribution is -2.69. The van der Waals surface area contributed by atoms with Gasteiger partial charge in [0.1, 0.15) is 0 Å². The fourth-order valence-corrected chi connectivity index (χ4v) is 7.47. The lowest BCUT2D eigenvalue weighted by atomic mass is 9.75. The molecule has 10 N–H and O–H groups in total. The van der Waals surface area contributed by atoms with E-state index in [-0.39, 0.29) is 24.2 Å². The third-order valence-electron chi connectivity index (χ3n) is 10.5. The Hall–Kier alpha value is -3.08. The molecular formula is C38H54Cl2N6O6. The van der Waals surface area contributed by atoms with Crippen molar-refractivity contribution in [1.29, 1.82) is 0 Å². The molecule has 0 radical (unpaired) electrons. The Morgan fingerprint density at radius 3 is 0.808 bits per heavy atom. The largest absolute Gasteiger partial charge is 0.350 e. The van der Waals surface area contributed by atoms with E-state index in [1.807, 2.05) is 0 Å². The molecule has 8 unspecified atom stereocenters. The van der Waals surface area contributed by atoms with Gasteiger partial charge in [0.15, 0.2) is 0 Å². The van der Waals surface area contributed by atoms with Crippen LogP contribution in [0.5, 0.6) is 0 Å². The Labute approximate surface area is 313 Å². The van der Waals surface area contributed by atoms with Crippen LogP contribution in [0.15, 0.2) is 119 Å². The van der Waals surface area contributed by atoms with Crippen LogP contribution in [0.3, 0.4) is 0 Å². The number of rotatable bonds is 6. The normalized spacial score (nSPS) is 33.6. The summed E-state index contributed by atoms with van der Waals surface area (Å²) < 4.78 is 47.9. The quantitative estimate of drug-likeness (QED) is 0.222. The standard InChI is InChI=1S/C38H52N6.2ClHO3/c1-25-13-17-35(5,31(39)21-25)43(36(6)18-14-26(2)22-32(36)40)29-9-11-30(12-10-29)44(37(7)19-15-27(3)23-33(37)41)38(8)20-16-28(4)24-34(38)42;2*2-1(3)4/h9-24,31-34H,39-42H2,1-8H3;2*2H. The van der Waals surface area contributed by atoms with E-state index >= 15 is 0 Å². The molecule has 0 bridgehead atoms. The van der Waals surface area contributed by atoms with Crippen molar-refractivity contribution >= 4 is 11.4 Å². The van der Waals surface area contributed by atoms with E-state index in [9.17, 15) is 0 Å². The molecule has 0 heterocycles. The number of hydrogen-bond acceptors (Lipinski definition) is 12. The SMILES string of the molecule is CC1=CC(N)C(C)(N(c2ccc(N(C3(C)C=CC(C)=CC3N)C3(C)C=CC(C)=CC3N)cc2)C2(C)C=CC(C)=CC2N)C=C1.[O-][Cl+2]([O-])O.[O-][Cl+2]([O-])O. The monoisotopic (exact) mass is 760 g/mol. The van der Waals surface area contributed by atoms with E-state index in [1.54, 1.807) is 0 Å². The van der Waals surface area contributed by atoms with Crippen molar-refractivity contribution in [2.24, 2.45) is 22.9 Å². The molecule has 12 nitrogen and oxygen atoms in total. The molecule has 0 aliphatic heterocycles. The summed E-state index contributed by atoms with van der Waals surface area (Å²) in [6, 6.07) is 7.86. The van der Waals surface area contributed by atoms with Crippen molar-refractivity contribution in [2.45, 2.75) is 102 Å². The highest BCUT2D eigenvalue weighted by Gasteiger charge is 2.50. The Morgan fingerprint density at radius 2 is 0.654 bits per heavy atom. The van der Waals surface area contributed by atoms with Crippen LogP contribution in [-0.4, -0.2) is 55.6 Å². The summed E-state index contributed by atoms with van der Waals surface area (Å²) in [5.74, 6) is 0. The van der Waals surface area contributed by atoms with E-state index in [1.165, 1.54) is 0 Å². The van der Waals surface area contributed by atoms with E-state index in [4.69, 9.17) is 50.9 Å². The highest BCUT2D eigenvalue weighted by molar-refractivity contribution is 5.67. The van der Waals surface area contributed by atoms with Gasteiger partial charge < -0.3 is 51.4 Å². The molecule has 0 amide bonds. The first kappa shape index (κ1) is 43.3. The lowest BCUT2D eigenvalue weighted by Gasteiger charge is -2.57. The third-order valence-corrected chi connectivity index (χ3v) is 10.5. The summed E-state index contributed by atoms with van der Waals surface area (Å²) in [5, 5.41) is 0. The minimum Gasteiger partial charge on any atom is -0.350 e. The van der Waals surface area contributed by atoms with Gasteiger partial charge in [-0.15, -0.1) is 0 Å². The molecule has 4 aliphatic carbocycles. The number of anilines is 2. The summed E-state index contributed by atoms with van der Waals surface area (Å²) in [6.45, 7) is 17.2. The molecule has 0 saturated carbocycles. The number of nitrogens with zero attached hydrogens (tertiary/aromatic N) is 2. The first-order valence-electron chi connectivity index (χ1n) is 16.7. The molecule has 0 spiro atoms. The minimum absolute atomic E-state index is 0.230. The zero-order valence-corrected chi connectivity index (χ0v) is 32.5. The van der Waals surface area contributed by atoms with E-state index in [2.05, 4.69) is 162 Å². The fraction of sp³-hybridized carbons (Fsp3) is 0.421. The highest BCUT2D eigenvalue weighted by atomic mass is 35.6. The summed E-state index contributed by atoms with van der Waals surface area (Å²) in [5.41, 5.74) is 32.3. The topological polar surface area (TPSA) is 243 Å². The average Bonchev–Trinajstić information content (AvgIpc) is 3.02. The maximum atomic E-state index is 8.52. The van der Waals surface area contributed by atoms with Gasteiger partial charge in [0.2, 0.25) is 0 Å². The van der Waals surface area contributed by atoms with Gasteiger partial charge in [-0.1, -0.05) is 95.2 Å². The minimum atomic E-state index is -2.60. The van der Waals surface area contributed by atoms with Gasteiger partial charge in [-0.05, 0) is 79.7 Å². The molecule has 1 aromatic rings. The molecule has 286 valence electrons. The maximum absolute atomic E-state index is 8.52. The van der Waals surface area contributed by atoms with Crippen molar-refractivity contribution < 1.29 is 49.5 Å². The second-order valence-corrected chi connectivity index (χ2v) is 15.4. The Bertz CT molecular complexity index is 1460.